The Balaban J connectivity index is 0.00000225. The van der Waals surface area contributed by atoms with Crippen molar-refractivity contribution in [2.75, 3.05) is 13.7 Å². The first-order valence-corrected chi connectivity index (χ1v) is 7.81. The number of alkyl carbamates (subject to hydrolysis) is 1. The van der Waals surface area contributed by atoms with Gasteiger partial charge < -0.3 is 14.8 Å². The van der Waals surface area contributed by atoms with E-state index in [0.29, 0.717) is 0 Å². The first kappa shape index (κ1) is 18.8. The van der Waals surface area contributed by atoms with Gasteiger partial charge in [0.05, 0.1) is 7.11 Å². The molecule has 0 heterocycles. The minimum absolute atomic E-state index is 0. The van der Waals surface area contributed by atoms with Crippen LogP contribution < -0.4 is 5.32 Å². The van der Waals surface area contributed by atoms with E-state index >= 15 is 0 Å². The summed E-state index contributed by atoms with van der Waals surface area (Å²) in [7, 11) is 1.28. The number of methoxy groups -OCH3 is 1. The number of halogens is 1. The van der Waals surface area contributed by atoms with Gasteiger partial charge >= 0.3 is 12.1 Å². The van der Waals surface area contributed by atoms with Gasteiger partial charge in [-0.05, 0) is 29.2 Å². The lowest BCUT2D eigenvalue weighted by Gasteiger charge is -2.16. The zero-order chi connectivity index (χ0) is 17.1. The van der Waals surface area contributed by atoms with Gasteiger partial charge in [-0.15, -0.1) is 12.4 Å². The molecule has 5 nitrogen and oxygen atoms in total. The number of nitrogens with one attached hydrogen (secondary N) is 1. The Morgan fingerprint density at radius 2 is 1.56 bits per heavy atom. The van der Waals surface area contributed by atoms with Crippen molar-refractivity contribution >= 4 is 24.5 Å². The van der Waals surface area contributed by atoms with Crippen molar-refractivity contribution in [1.82, 2.24) is 5.32 Å². The van der Waals surface area contributed by atoms with Crippen LogP contribution in [0.1, 0.15) is 24.0 Å². The summed E-state index contributed by atoms with van der Waals surface area (Å²) in [6.07, 6.45) is -0.630. The third-order valence-corrected chi connectivity index (χ3v) is 4.23. The lowest BCUT2D eigenvalue weighted by Crippen LogP contribution is -2.39. The fourth-order valence-electron chi connectivity index (χ4n) is 3.05. The quantitative estimate of drug-likeness (QED) is 0.846. The Morgan fingerprint density at radius 1 is 1.04 bits per heavy atom. The number of carbonyl (C=O) groups is 2. The second-order valence-corrected chi connectivity index (χ2v) is 5.71. The van der Waals surface area contributed by atoms with Crippen LogP contribution in [0, 0.1) is 0 Å². The van der Waals surface area contributed by atoms with Crippen LogP contribution in [0.15, 0.2) is 48.5 Å². The zero-order valence-corrected chi connectivity index (χ0v) is 14.8. The third-order valence-electron chi connectivity index (χ3n) is 4.23. The highest BCUT2D eigenvalue weighted by molar-refractivity contribution is 5.85. The highest BCUT2D eigenvalue weighted by atomic mass is 35.5. The molecule has 25 heavy (non-hydrogen) atoms. The van der Waals surface area contributed by atoms with Crippen molar-refractivity contribution in [2.45, 2.75) is 18.9 Å². The van der Waals surface area contributed by atoms with Gasteiger partial charge in [0.1, 0.15) is 12.6 Å². The molecule has 1 aliphatic carbocycles. The molecule has 0 aliphatic heterocycles. The van der Waals surface area contributed by atoms with Crippen molar-refractivity contribution in [1.29, 1.82) is 0 Å². The summed E-state index contributed by atoms with van der Waals surface area (Å²) in [6.45, 7) is 1.76. The van der Waals surface area contributed by atoms with Gasteiger partial charge in [0.2, 0.25) is 0 Å². The second-order valence-electron chi connectivity index (χ2n) is 5.71. The van der Waals surface area contributed by atoms with Gasteiger partial charge in [0, 0.05) is 5.92 Å². The topological polar surface area (TPSA) is 64.6 Å². The Kier molecular flexibility index (Phi) is 6.04. The van der Waals surface area contributed by atoms with E-state index in [4.69, 9.17) is 4.74 Å². The van der Waals surface area contributed by atoms with E-state index in [0.717, 1.165) is 11.1 Å². The van der Waals surface area contributed by atoms with Crippen molar-refractivity contribution in [3.8, 4) is 11.1 Å². The van der Waals surface area contributed by atoms with E-state index in [1.807, 2.05) is 24.3 Å². The number of ether oxygens (including phenoxy) is 2. The van der Waals surface area contributed by atoms with Gasteiger partial charge in [-0.25, -0.2) is 9.59 Å². The number of esters is 1. The second kappa shape index (κ2) is 8.03. The Hall–Kier alpha value is -2.53. The minimum Gasteiger partial charge on any atom is -0.467 e. The average Bonchev–Trinajstić information content (AvgIpc) is 2.93. The van der Waals surface area contributed by atoms with Crippen LogP contribution in [0.5, 0.6) is 0 Å². The van der Waals surface area contributed by atoms with Crippen LogP contribution >= 0.6 is 12.4 Å². The molecule has 2 aromatic carbocycles. The first-order valence-electron chi connectivity index (χ1n) is 7.81. The molecule has 2 aromatic rings. The summed E-state index contributed by atoms with van der Waals surface area (Å²) in [5.41, 5.74) is 4.63. The van der Waals surface area contributed by atoms with Crippen molar-refractivity contribution in [3.05, 3.63) is 59.7 Å². The molecule has 1 amide bonds. The number of fused-ring (bicyclic) bond motifs is 3. The average molecular weight is 362 g/mol. The lowest BCUT2D eigenvalue weighted by molar-refractivity contribution is -0.142. The van der Waals surface area contributed by atoms with Crippen LogP contribution in [0.3, 0.4) is 0 Å². The van der Waals surface area contributed by atoms with Gasteiger partial charge in [-0.2, -0.15) is 0 Å². The summed E-state index contributed by atoms with van der Waals surface area (Å²) in [5.74, 6) is -0.514. The van der Waals surface area contributed by atoms with Crippen LogP contribution in [0.4, 0.5) is 4.79 Å². The van der Waals surface area contributed by atoms with E-state index in [9.17, 15) is 9.59 Å². The highest BCUT2D eigenvalue weighted by Crippen LogP contribution is 2.44. The van der Waals surface area contributed by atoms with Crippen LogP contribution in [-0.2, 0) is 14.3 Å². The molecule has 1 N–H and O–H groups in total. The summed E-state index contributed by atoms with van der Waals surface area (Å²) in [5, 5.41) is 2.47. The molecule has 3 rings (SSSR count). The molecular weight excluding hydrogens is 342 g/mol. The van der Waals surface area contributed by atoms with Crippen molar-refractivity contribution < 1.29 is 19.1 Å². The van der Waals surface area contributed by atoms with E-state index in [2.05, 4.69) is 34.3 Å². The van der Waals surface area contributed by atoms with Gasteiger partial charge in [-0.1, -0.05) is 48.5 Å². The van der Waals surface area contributed by atoms with Crippen molar-refractivity contribution in [3.63, 3.8) is 0 Å². The maximum atomic E-state index is 11.9. The van der Waals surface area contributed by atoms with Crippen molar-refractivity contribution in [2.24, 2.45) is 0 Å². The smallest absolute Gasteiger partial charge is 0.407 e. The van der Waals surface area contributed by atoms with E-state index < -0.39 is 18.1 Å². The van der Waals surface area contributed by atoms with Gasteiger partial charge in [0.15, 0.2) is 0 Å². The molecule has 0 saturated heterocycles. The van der Waals surface area contributed by atoms with Crippen LogP contribution in [0.2, 0.25) is 0 Å². The molecule has 1 atom stereocenters. The molecule has 1 unspecified atom stereocenters. The molecule has 0 spiro atoms. The van der Waals surface area contributed by atoms with E-state index in [1.165, 1.54) is 18.2 Å². The molecule has 6 heteroatoms. The molecule has 0 bridgehead atoms. The SMILES string of the molecule is COC(=O)C(C)NC(=O)OCC1c2ccccc2-c2ccccc21.Cl. The zero-order valence-electron chi connectivity index (χ0n) is 14.0. The molecule has 0 fully saturated rings. The van der Waals surface area contributed by atoms with Crippen LogP contribution in [0.25, 0.3) is 11.1 Å². The number of carbonyl (C=O) groups excluding carboxylic acids is 2. The molecule has 0 aromatic heterocycles. The number of benzene rings is 2. The maximum absolute atomic E-state index is 11.9. The number of hydrogen-bond acceptors (Lipinski definition) is 4. The van der Waals surface area contributed by atoms with E-state index in [-0.39, 0.29) is 24.9 Å². The Morgan fingerprint density at radius 3 is 2.08 bits per heavy atom. The highest BCUT2D eigenvalue weighted by Gasteiger charge is 2.29. The maximum Gasteiger partial charge on any atom is 0.407 e. The Labute approximate surface area is 152 Å². The largest absolute Gasteiger partial charge is 0.467 e. The summed E-state index contributed by atoms with van der Waals surface area (Å²) in [4.78, 5) is 23.3. The van der Waals surface area contributed by atoms with Gasteiger partial charge in [0.25, 0.3) is 0 Å². The van der Waals surface area contributed by atoms with Crippen LogP contribution in [-0.4, -0.2) is 31.8 Å². The molecule has 1 aliphatic rings. The summed E-state index contributed by atoms with van der Waals surface area (Å²) in [6, 6.07) is 15.5. The molecule has 0 radical (unpaired) electrons. The standard InChI is InChI=1S/C19H19NO4.ClH/c1-12(18(21)23-2)20-19(22)24-11-17-15-9-5-3-7-13(15)14-8-4-6-10-16(14)17;/h3-10,12,17H,11H2,1-2H3,(H,20,22);1H. The first-order chi connectivity index (χ1) is 11.6. The predicted molar refractivity (Wildman–Crippen MR) is 96.9 cm³/mol. The van der Waals surface area contributed by atoms with E-state index in [1.54, 1.807) is 6.92 Å². The molecular formula is C19H20ClNO4. The number of amides is 1. The lowest BCUT2D eigenvalue weighted by atomic mass is 9.98. The normalized spacial score (nSPS) is 13.0. The number of rotatable bonds is 4. The minimum atomic E-state index is -0.745. The molecule has 132 valence electrons. The Bertz CT molecular complexity index is 732. The summed E-state index contributed by atoms with van der Waals surface area (Å²) < 4.78 is 9.92. The predicted octanol–water partition coefficient (Wildman–Crippen LogP) is 3.51. The van der Waals surface area contributed by atoms with Gasteiger partial charge in [-0.3, -0.25) is 0 Å². The summed E-state index contributed by atoms with van der Waals surface area (Å²) >= 11 is 0. The monoisotopic (exact) mass is 361 g/mol. The fraction of sp³-hybridized carbons (Fsp3) is 0.263. The third kappa shape index (κ3) is 3.77. The molecule has 0 saturated carbocycles. The number of hydrogen-bond donors (Lipinski definition) is 1. The fourth-order valence-corrected chi connectivity index (χ4v) is 3.05.